The highest BCUT2D eigenvalue weighted by Crippen LogP contribution is 2.08. The Morgan fingerprint density at radius 3 is 2.43 bits per heavy atom. The Hall–Kier alpha value is -1.88. The Balaban J connectivity index is 1.66. The average Bonchev–Trinajstić information content (AvgIpc) is 2.60. The lowest BCUT2D eigenvalue weighted by Crippen LogP contribution is -2.50. The topological polar surface area (TPSA) is 52.7 Å². The molecule has 1 aliphatic heterocycles. The fourth-order valence-electron chi connectivity index (χ4n) is 2.72. The molecule has 126 valence electrons. The van der Waals surface area contributed by atoms with E-state index < -0.39 is 0 Å². The Labute approximate surface area is 138 Å². The fraction of sp³-hybridized carbons (Fsp3) is 0.556. The van der Waals surface area contributed by atoms with Gasteiger partial charge in [0.05, 0.1) is 0 Å². The van der Waals surface area contributed by atoms with Gasteiger partial charge in [0.1, 0.15) is 0 Å². The smallest absolute Gasteiger partial charge is 0.253 e. The van der Waals surface area contributed by atoms with Crippen LogP contribution in [0.25, 0.3) is 0 Å². The van der Waals surface area contributed by atoms with Crippen LogP contribution in [0.2, 0.25) is 0 Å². The maximum atomic E-state index is 12.4. The van der Waals surface area contributed by atoms with Crippen LogP contribution in [-0.2, 0) is 4.79 Å². The summed E-state index contributed by atoms with van der Waals surface area (Å²) in [4.78, 5) is 28.1. The van der Waals surface area contributed by atoms with Gasteiger partial charge in [0.25, 0.3) is 5.91 Å². The summed E-state index contributed by atoms with van der Waals surface area (Å²) in [7, 11) is 0. The summed E-state index contributed by atoms with van der Waals surface area (Å²) in [5.74, 6) is 0.253. The van der Waals surface area contributed by atoms with Gasteiger partial charge in [0.15, 0.2) is 0 Å². The Kier molecular flexibility index (Phi) is 7.07. The largest absolute Gasteiger partial charge is 0.355 e. The lowest BCUT2D eigenvalue weighted by atomic mass is 10.2. The third-order valence-corrected chi connectivity index (χ3v) is 4.19. The van der Waals surface area contributed by atoms with Crippen molar-refractivity contribution in [3.8, 4) is 0 Å². The summed E-state index contributed by atoms with van der Waals surface area (Å²) >= 11 is 0. The summed E-state index contributed by atoms with van der Waals surface area (Å²) in [6.07, 6.45) is 2.62. The van der Waals surface area contributed by atoms with E-state index in [9.17, 15) is 9.59 Å². The molecule has 1 saturated heterocycles. The van der Waals surface area contributed by atoms with Crippen molar-refractivity contribution in [1.82, 2.24) is 15.1 Å². The van der Waals surface area contributed by atoms with E-state index in [1.165, 1.54) is 0 Å². The van der Waals surface area contributed by atoms with Crippen molar-refractivity contribution < 1.29 is 9.59 Å². The van der Waals surface area contributed by atoms with Gasteiger partial charge in [0, 0.05) is 51.3 Å². The SMILES string of the molecule is CCCCC(=O)NCCN1CCN(C(=O)c2ccccc2)CC1. The number of hydrogen-bond acceptors (Lipinski definition) is 3. The van der Waals surface area contributed by atoms with Crippen molar-refractivity contribution in [2.45, 2.75) is 26.2 Å². The van der Waals surface area contributed by atoms with E-state index in [0.717, 1.165) is 51.1 Å². The van der Waals surface area contributed by atoms with Gasteiger partial charge in [-0.15, -0.1) is 0 Å². The normalized spacial score (nSPS) is 15.4. The molecule has 0 spiro atoms. The molecule has 0 saturated carbocycles. The Morgan fingerprint density at radius 2 is 1.78 bits per heavy atom. The van der Waals surface area contributed by atoms with E-state index in [1.54, 1.807) is 0 Å². The lowest BCUT2D eigenvalue weighted by molar-refractivity contribution is -0.121. The first-order chi connectivity index (χ1) is 11.2. The number of piperazine rings is 1. The van der Waals surface area contributed by atoms with Gasteiger partial charge in [-0.05, 0) is 18.6 Å². The van der Waals surface area contributed by atoms with Gasteiger partial charge in [-0.1, -0.05) is 31.5 Å². The van der Waals surface area contributed by atoms with Crippen LogP contribution in [0.1, 0.15) is 36.5 Å². The van der Waals surface area contributed by atoms with Gasteiger partial charge < -0.3 is 10.2 Å². The van der Waals surface area contributed by atoms with Gasteiger partial charge in [-0.3, -0.25) is 14.5 Å². The third kappa shape index (κ3) is 5.67. The molecule has 1 aromatic rings. The molecule has 0 atom stereocenters. The number of benzene rings is 1. The van der Waals surface area contributed by atoms with E-state index in [-0.39, 0.29) is 11.8 Å². The standard InChI is InChI=1S/C18H27N3O2/c1-2-3-9-17(22)19-10-11-20-12-14-21(15-13-20)18(23)16-7-5-4-6-8-16/h4-8H,2-3,9-15H2,1H3,(H,19,22). The highest BCUT2D eigenvalue weighted by Gasteiger charge is 2.21. The molecule has 5 nitrogen and oxygen atoms in total. The first-order valence-electron chi connectivity index (χ1n) is 8.54. The van der Waals surface area contributed by atoms with E-state index >= 15 is 0 Å². The quantitative estimate of drug-likeness (QED) is 0.833. The molecule has 1 N–H and O–H groups in total. The first kappa shape index (κ1) is 17.5. The van der Waals surface area contributed by atoms with Crippen molar-refractivity contribution in [2.24, 2.45) is 0 Å². The van der Waals surface area contributed by atoms with Crippen LogP contribution in [0.5, 0.6) is 0 Å². The molecule has 1 heterocycles. The summed E-state index contributed by atoms with van der Waals surface area (Å²) in [6, 6.07) is 9.43. The van der Waals surface area contributed by atoms with Crippen LogP contribution in [0.4, 0.5) is 0 Å². The zero-order valence-electron chi connectivity index (χ0n) is 14.0. The van der Waals surface area contributed by atoms with E-state index in [4.69, 9.17) is 0 Å². The highest BCUT2D eigenvalue weighted by atomic mass is 16.2. The Bertz CT molecular complexity index is 496. The second-order valence-electron chi connectivity index (χ2n) is 5.95. The molecular weight excluding hydrogens is 290 g/mol. The molecule has 5 heteroatoms. The molecule has 0 aliphatic carbocycles. The molecule has 23 heavy (non-hydrogen) atoms. The Morgan fingerprint density at radius 1 is 1.09 bits per heavy atom. The number of nitrogens with zero attached hydrogens (tertiary/aromatic N) is 2. The maximum absolute atomic E-state index is 12.4. The number of hydrogen-bond donors (Lipinski definition) is 1. The number of carbonyl (C=O) groups excluding carboxylic acids is 2. The molecular formula is C18H27N3O2. The van der Waals surface area contributed by atoms with Crippen LogP contribution in [0, 0.1) is 0 Å². The molecule has 0 bridgehead atoms. The second kappa shape index (κ2) is 9.30. The van der Waals surface area contributed by atoms with E-state index in [2.05, 4.69) is 17.1 Å². The molecule has 1 aliphatic rings. The number of unbranched alkanes of at least 4 members (excludes halogenated alkanes) is 1. The van der Waals surface area contributed by atoms with Crippen molar-refractivity contribution >= 4 is 11.8 Å². The molecule has 2 amide bonds. The van der Waals surface area contributed by atoms with Crippen LogP contribution in [0.15, 0.2) is 30.3 Å². The van der Waals surface area contributed by atoms with Crippen molar-refractivity contribution in [3.05, 3.63) is 35.9 Å². The molecule has 2 rings (SSSR count). The molecule has 1 aromatic carbocycles. The number of amides is 2. The summed E-state index contributed by atoms with van der Waals surface area (Å²) < 4.78 is 0. The molecule has 0 aromatic heterocycles. The lowest BCUT2D eigenvalue weighted by Gasteiger charge is -2.34. The number of carbonyl (C=O) groups is 2. The first-order valence-corrected chi connectivity index (χ1v) is 8.54. The zero-order valence-corrected chi connectivity index (χ0v) is 14.0. The predicted octanol–water partition coefficient (Wildman–Crippen LogP) is 1.75. The predicted molar refractivity (Wildman–Crippen MR) is 91.3 cm³/mol. The third-order valence-electron chi connectivity index (χ3n) is 4.19. The van der Waals surface area contributed by atoms with Crippen LogP contribution < -0.4 is 5.32 Å². The number of nitrogens with one attached hydrogen (secondary N) is 1. The molecule has 0 unspecified atom stereocenters. The minimum Gasteiger partial charge on any atom is -0.355 e. The zero-order chi connectivity index (χ0) is 16.5. The fourth-order valence-corrected chi connectivity index (χ4v) is 2.72. The highest BCUT2D eigenvalue weighted by molar-refractivity contribution is 5.94. The van der Waals surface area contributed by atoms with Gasteiger partial charge in [-0.2, -0.15) is 0 Å². The molecule has 1 fully saturated rings. The van der Waals surface area contributed by atoms with E-state index in [0.29, 0.717) is 13.0 Å². The van der Waals surface area contributed by atoms with Crippen LogP contribution in [-0.4, -0.2) is 60.9 Å². The van der Waals surface area contributed by atoms with E-state index in [1.807, 2.05) is 35.2 Å². The van der Waals surface area contributed by atoms with Crippen LogP contribution in [0.3, 0.4) is 0 Å². The average molecular weight is 317 g/mol. The van der Waals surface area contributed by atoms with Gasteiger partial charge in [-0.25, -0.2) is 0 Å². The summed E-state index contributed by atoms with van der Waals surface area (Å²) in [5, 5.41) is 2.96. The minimum atomic E-state index is 0.109. The second-order valence-corrected chi connectivity index (χ2v) is 5.95. The van der Waals surface area contributed by atoms with Crippen LogP contribution >= 0.6 is 0 Å². The summed E-state index contributed by atoms with van der Waals surface area (Å²) in [6.45, 7) is 6.85. The van der Waals surface area contributed by atoms with Crippen molar-refractivity contribution in [2.75, 3.05) is 39.3 Å². The van der Waals surface area contributed by atoms with Gasteiger partial charge in [0.2, 0.25) is 5.91 Å². The minimum absolute atomic E-state index is 0.109. The monoisotopic (exact) mass is 317 g/mol. The van der Waals surface area contributed by atoms with Crippen molar-refractivity contribution in [1.29, 1.82) is 0 Å². The van der Waals surface area contributed by atoms with Crippen molar-refractivity contribution in [3.63, 3.8) is 0 Å². The maximum Gasteiger partial charge on any atom is 0.253 e. The van der Waals surface area contributed by atoms with Gasteiger partial charge >= 0.3 is 0 Å². The molecule has 0 radical (unpaired) electrons. The number of rotatable bonds is 7. The summed E-state index contributed by atoms with van der Waals surface area (Å²) in [5.41, 5.74) is 0.754.